The average Bonchev–Trinajstić information content (AvgIpc) is 3.38. The summed E-state index contributed by atoms with van der Waals surface area (Å²) in [6, 6.07) is 12.1. The molecule has 0 aromatic heterocycles. The number of carbonyl (C=O) groups excluding carboxylic acids is 3. The fourth-order valence-corrected chi connectivity index (χ4v) is 3.67. The molecule has 1 N–H and O–H groups in total. The Balaban J connectivity index is 1.36. The molecule has 1 unspecified atom stereocenters. The first kappa shape index (κ1) is 20.3. The van der Waals surface area contributed by atoms with Crippen LogP contribution in [0.3, 0.4) is 0 Å². The number of anilines is 2. The van der Waals surface area contributed by atoms with Gasteiger partial charge in [-0.25, -0.2) is 0 Å². The maximum Gasteiger partial charge on any atom is 0.243 e. The maximum atomic E-state index is 12.8. The van der Waals surface area contributed by atoms with Crippen LogP contribution in [0.1, 0.15) is 12.0 Å². The van der Waals surface area contributed by atoms with Crippen molar-refractivity contribution >= 4 is 29.1 Å². The van der Waals surface area contributed by atoms with Gasteiger partial charge in [-0.3, -0.25) is 14.4 Å². The Hall–Kier alpha value is -3.99. The molecule has 1 saturated heterocycles. The highest BCUT2D eigenvalue weighted by molar-refractivity contribution is 6.01. The summed E-state index contributed by atoms with van der Waals surface area (Å²) in [5.74, 6) is 2.42. The van der Waals surface area contributed by atoms with Crippen molar-refractivity contribution in [1.29, 1.82) is 0 Å². The molecule has 2 aliphatic rings. The van der Waals surface area contributed by atoms with Crippen LogP contribution in [0.15, 0.2) is 42.5 Å². The Labute approximate surface area is 179 Å². The molecule has 2 heterocycles. The molecule has 2 aromatic carbocycles. The summed E-state index contributed by atoms with van der Waals surface area (Å²) >= 11 is 0. The van der Waals surface area contributed by atoms with Gasteiger partial charge in [0.1, 0.15) is 0 Å². The van der Waals surface area contributed by atoms with Gasteiger partial charge in [-0.05, 0) is 30.3 Å². The van der Waals surface area contributed by atoms with Crippen molar-refractivity contribution in [2.45, 2.75) is 6.42 Å². The van der Waals surface area contributed by atoms with E-state index in [2.05, 4.69) is 11.2 Å². The molecule has 8 heteroatoms. The second-order valence-electron chi connectivity index (χ2n) is 7.41. The van der Waals surface area contributed by atoms with Gasteiger partial charge in [-0.1, -0.05) is 12.0 Å². The van der Waals surface area contributed by atoms with E-state index in [9.17, 15) is 14.4 Å². The highest BCUT2D eigenvalue weighted by Gasteiger charge is 2.37. The molecular weight excluding hydrogens is 398 g/mol. The predicted molar refractivity (Wildman–Crippen MR) is 114 cm³/mol. The molecule has 4 rings (SSSR count). The molecule has 31 heavy (non-hydrogen) atoms. The maximum absolute atomic E-state index is 12.8. The molecule has 0 saturated carbocycles. The SMILES string of the molecule is C#Cc1cccc(NC(=O)CN(C)C(=O)C2CC(=O)N(c3ccc4c(c3)OCO4)C2)c1. The van der Waals surface area contributed by atoms with Crippen LogP contribution in [0.2, 0.25) is 0 Å². The van der Waals surface area contributed by atoms with Gasteiger partial charge < -0.3 is 24.6 Å². The number of nitrogens with one attached hydrogen (secondary N) is 1. The van der Waals surface area contributed by atoms with Gasteiger partial charge in [-0.15, -0.1) is 6.42 Å². The van der Waals surface area contributed by atoms with Crippen molar-refractivity contribution in [1.82, 2.24) is 4.90 Å². The summed E-state index contributed by atoms with van der Waals surface area (Å²) in [5, 5.41) is 2.73. The van der Waals surface area contributed by atoms with Crippen LogP contribution in [0.4, 0.5) is 11.4 Å². The quantitative estimate of drug-likeness (QED) is 0.748. The Morgan fingerprint density at radius 3 is 2.84 bits per heavy atom. The summed E-state index contributed by atoms with van der Waals surface area (Å²) in [7, 11) is 1.55. The first-order valence-corrected chi connectivity index (χ1v) is 9.76. The minimum absolute atomic E-state index is 0.0868. The Morgan fingerprint density at radius 2 is 2.03 bits per heavy atom. The molecular formula is C23H21N3O5. The monoisotopic (exact) mass is 419 g/mol. The van der Waals surface area contributed by atoms with Crippen molar-refractivity contribution in [2.24, 2.45) is 5.92 Å². The third kappa shape index (κ3) is 4.31. The topological polar surface area (TPSA) is 88.2 Å². The van der Waals surface area contributed by atoms with Crippen molar-refractivity contribution in [3.05, 3.63) is 48.0 Å². The van der Waals surface area contributed by atoms with Crippen molar-refractivity contribution in [2.75, 3.05) is 37.1 Å². The van der Waals surface area contributed by atoms with E-state index in [1.165, 1.54) is 4.90 Å². The number of rotatable bonds is 5. The average molecular weight is 419 g/mol. The molecule has 8 nitrogen and oxygen atoms in total. The molecule has 158 valence electrons. The molecule has 2 aliphatic heterocycles. The van der Waals surface area contributed by atoms with Crippen LogP contribution < -0.4 is 19.7 Å². The van der Waals surface area contributed by atoms with Crippen LogP contribution in [0.25, 0.3) is 0 Å². The lowest BCUT2D eigenvalue weighted by Gasteiger charge is -2.21. The number of hydrogen-bond acceptors (Lipinski definition) is 5. The zero-order valence-corrected chi connectivity index (χ0v) is 17.0. The molecule has 0 aliphatic carbocycles. The largest absolute Gasteiger partial charge is 0.454 e. The third-order valence-corrected chi connectivity index (χ3v) is 5.21. The van der Waals surface area contributed by atoms with Gasteiger partial charge in [0, 0.05) is 43.0 Å². The normalized spacial score (nSPS) is 16.7. The van der Waals surface area contributed by atoms with Crippen LogP contribution >= 0.6 is 0 Å². The number of benzene rings is 2. The van der Waals surface area contributed by atoms with Gasteiger partial charge in [-0.2, -0.15) is 0 Å². The van der Waals surface area contributed by atoms with Crippen LogP contribution in [0.5, 0.6) is 11.5 Å². The van der Waals surface area contributed by atoms with Gasteiger partial charge in [0.2, 0.25) is 24.5 Å². The van der Waals surface area contributed by atoms with Gasteiger partial charge in [0.25, 0.3) is 0 Å². The van der Waals surface area contributed by atoms with Crippen LogP contribution in [0, 0.1) is 18.3 Å². The molecule has 3 amide bonds. The Bertz CT molecular complexity index is 1090. The lowest BCUT2D eigenvalue weighted by atomic mass is 10.1. The van der Waals surface area contributed by atoms with E-state index in [0.29, 0.717) is 28.4 Å². The Morgan fingerprint density at radius 1 is 1.23 bits per heavy atom. The minimum Gasteiger partial charge on any atom is -0.454 e. The second-order valence-corrected chi connectivity index (χ2v) is 7.41. The van der Waals surface area contributed by atoms with E-state index >= 15 is 0 Å². The third-order valence-electron chi connectivity index (χ3n) is 5.21. The van der Waals surface area contributed by atoms with E-state index in [-0.39, 0.29) is 44.0 Å². The molecule has 0 radical (unpaired) electrons. The van der Waals surface area contributed by atoms with E-state index in [1.807, 2.05) is 0 Å². The number of terminal acetylenes is 1. The lowest BCUT2D eigenvalue weighted by molar-refractivity contribution is -0.137. The minimum atomic E-state index is -0.527. The zero-order valence-electron chi connectivity index (χ0n) is 17.0. The lowest BCUT2D eigenvalue weighted by Crippen LogP contribution is -2.39. The number of likely N-dealkylation sites (N-methyl/N-ethyl adjacent to an activating group) is 1. The first-order valence-electron chi connectivity index (χ1n) is 9.76. The molecule has 1 fully saturated rings. The second kappa shape index (κ2) is 8.40. The smallest absolute Gasteiger partial charge is 0.243 e. The van der Waals surface area contributed by atoms with Crippen molar-refractivity contribution in [3.63, 3.8) is 0 Å². The fraction of sp³-hybridized carbons (Fsp3) is 0.261. The molecule has 0 spiro atoms. The van der Waals surface area contributed by atoms with Crippen molar-refractivity contribution in [3.8, 4) is 23.8 Å². The summed E-state index contributed by atoms with van der Waals surface area (Å²) in [4.78, 5) is 40.6. The predicted octanol–water partition coefficient (Wildman–Crippen LogP) is 1.85. The van der Waals surface area contributed by atoms with E-state index < -0.39 is 5.92 Å². The summed E-state index contributed by atoms with van der Waals surface area (Å²) in [6.07, 6.45) is 5.46. The van der Waals surface area contributed by atoms with E-state index in [4.69, 9.17) is 15.9 Å². The Kier molecular flexibility index (Phi) is 5.50. The number of fused-ring (bicyclic) bond motifs is 1. The molecule has 2 aromatic rings. The van der Waals surface area contributed by atoms with E-state index in [1.54, 1.807) is 54.4 Å². The zero-order chi connectivity index (χ0) is 22.0. The van der Waals surface area contributed by atoms with Gasteiger partial charge >= 0.3 is 0 Å². The summed E-state index contributed by atoms with van der Waals surface area (Å²) < 4.78 is 10.7. The number of amides is 3. The summed E-state index contributed by atoms with van der Waals surface area (Å²) in [5.41, 5.74) is 1.86. The number of ether oxygens (including phenoxy) is 2. The fourth-order valence-electron chi connectivity index (χ4n) is 3.67. The van der Waals surface area contributed by atoms with Gasteiger partial charge in [0.05, 0.1) is 12.5 Å². The van der Waals surface area contributed by atoms with Crippen molar-refractivity contribution < 1.29 is 23.9 Å². The molecule has 1 atom stereocenters. The standard InChI is InChI=1S/C23H21N3O5/c1-3-15-5-4-6-17(9-15)24-21(27)13-25(2)23(29)16-10-22(28)26(12-16)18-7-8-19-20(11-18)31-14-30-19/h1,4-9,11,16H,10,12-14H2,2H3,(H,24,27). The van der Waals surface area contributed by atoms with Crippen LogP contribution in [-0.2, 0) is 14.4 Å². The summed E-state index contributed by atoms with van der Waals surface area (Å²) in [6.45, 7) is 0.259. The van der Waals surface area contributed by atoms with E-state index in [0.717, 1.165) is 0 Å². The van der Waals surface area contributed by atoms with Crippen LogP contribution in [-0.4, -0.2) is 49.6 Å². The van der Waals surface area contributed by atoms with Gasteiger partial charge in [0.15, 0.2) is 11.5 Å². The molecule has 0 bridgehead atoms. The highest BCUT2D eigenvalue weighted by Crippen LogP contribution is 2.37. The number of nitrogens with zero attached hydrogens (tertiary/aromatic N) is 2. The first-order chi connectivity index (χ1) is 14.9. The highest BCUT2D eigenvalue weighted by atomic mass is 16.7. The number of hydrogen-bond donors (Lipinski definition) is 1. The number of carbonyl (C=O) groups is 3.